The molecule has 0 N–H and O–H groups in total. The zero-order valence-electron chi connectivity index (χ0n) is 14.7. The molecule has 0 saturated heterocycles. The fourth-order valence-corrected chi connectivity index (χ4v) is 3.59. The quantitative estimate of drug-likeness (QED) is 0.631. The van der Waals surface area contributed by atoms with Crippen LogP contribution in [0, 0.1) is 0 Å². The molecule has 1 amide bonds. The lowest BCUT2D eigenvalue weighted by molar-refractivity contribution is -0.117. The number of rotatable bonds is 3. The van der Waals surface area contributed by atoms with Crippen LogP contribution in [0.2, 0.25) is 0 Å². The van der Waals surface area contributed by atoms with Gasteiger partial charge in [-0.25, -0.2) is 0 Å². The second kappa shape index (κ2) is 6.61. The first-order valence-corrected chi connectivity index (χ1v) is 9.09. The summed E-state index contributed by atoms with van der Waals surface area (Å²) in [5.41, 5.74) is 6.31. The van der Waals surface area contributed by atoms with Crippen molar-refractivity contribution in [3.05, 3.63) is 59.7 Å². The summed E-state index contributed by atoms with van der Waals surface area (Å²) in [6.45, 7) is 1.67. The zero-order chi connectivity index (χ0) is 18.3. The number of hydrogen-bond donors (Lipinski definition) is 0. The summed E-state index contributed by atoms with van der Waals surface area (Å²) in [5, 5.41) is 3.77. The second-order valence-corrected chi connectivity index (χ2v) is 7.21. The minimum Gasteiger partial charge on any atom is -0.355 e. The molecular formula is C21H19ClN2O2. The molecule has 1 atom stereocenters. The maximum absolute atomic E-state index is 12.0. The van der Waals surface area contributed by atoms with Crippen LogP contribution >= 0.6 is 11.6 Å². The minimum absolute atomic E-state index is 0.131. The van der Waals surface area contributed by atoms with Crippen LogP contribution in [-0.4, -0.2) is 23.5 Å². The average Bonchev–Trinajstić information content (AvgIpc) is 3.11. The highest BCUT2D eigenvalue weighted by molar-refractivity contribution is 6.32. The maximum atomic E-state index is 12.0. The van der Waals surface area contributed by atoms with Gasteiger partial charge in [-0.05, 0) is 49.6 Å². The molecule has 4 rings (SSSR count). The van der Waals surface area contributed by atoms with E-state index in [1.165, 1.54) is 5.56 Å². The van der Waals surface area contributed by atoms with E-state index in [4.69, 9.17) is 16.1 Å². The van der Waals surface area contributed by atoms with Crippen LogP contribution in [0.3, 0.4) is 0 Å². The highest BCUT2D eigenvalue weighted by atomic mass is 35.5. The molecule has 26 heavy (non-hydrogen) atoms. The van der Waals surface area contributed by atoms with Crippen LogP contribution in [0.25, 0.3) is 22.6 Å². The van der Waals surface area contributed by atoms with Gasteiger partial charge in [0, 0.05) is 29.4 Å². The van der Waals surface area contributed by atoms with Crippen molar-refractivity contribution in [2.24, 2.45) is 0 Å². The maximum Gasteiger partial charge on any atom is 0.244 e. The van der Waals surface area contributed by atoms with Crippen molar-refractivity contribution in [2.75, 3.05) is 11.9 Å². The Labute approximate surface area is 157 Å². The topological polar surface area (TPSA) is 46.3 Å². The Kier molecular flexibility index (Phi) is 4.29. The number of halogens is 1. The Morgan fingerprint density at radius 1 is 1.15 bits per heavy atom. The normalized spacial score (nSPS) is 13.7. The SMILES string of the molecule is C[C@H](Cl)C(=O)N(C)c1ccc(-c2onc3c2CCc2ccccc2-3)cc1. The predicted molar refractivity (Wildman–Crippen MR) is 104 cm³/mol. The lowest BCUT2D eigenvalue weighted by Crippen LogP contribution is -2.31. The molecular weight excluding hydrogens is 348 g/mol. The van der Waals surface area contributed by atoms with Gasteiger partial charge in [0.1, 0.15) is 11.1 Å². The van der Waals surface area contributed by atoms with E-state index < -0.39 is 5.38 Å². The number of benzene rings is 2. The lowest BCUT2D eigenvalue weighted by atomic mass is 9.88. The Morgan fingerprint density at radius 3 is 2.62 bits per heavy atom. The van der Waals surface area contributed by atoms with Gasteiger partial charge in [-0.3, -0.25) is 4.79 Å². The molecule has 1 aliphatic carbocycles. The van der Waals surface area contributed by atoms with Crippen molar-refractivity contribution in [1.82, 2.24) is 5.16 Å². The highest BCUT2D eigenvalue weighted by Crippen LogP contribution is 2.38. The molecule has 4 nitrogen and oxygen atoms in total. The molecule has 0 saturated carbocycles. The number of hydrogen-bond acceptors (Lipinski definition) is 3. The first kappa shape index (κ1) is 16.9. The van der Waals surface area contributed by atoms with E-state index in [0.29, 0.717) is 0 Å². The molecule has 3 aromatic rings. The zero-order valence-corrected chi connectivity index (χ0v) is 15.5. The third kappa shape index (κ3) is 2.80. The summed E-state index contributed by atoms with van der Waals surface area (Å²) in [5.74, 6) is 0.675. The predicted octanol–water partition coefficient (Wildman–Crippen LogP) is 4.70. The lowest BCUT2D eigenvalue weighted by Gasteiger charge is -2.19. The van der Waals surface area contributed by atoms with Gasteiger partial charge in [-0.1, -0.05) is 29.4 Å². The van der Waals surface area contributed by atoms with Gasteiger partial charge >= 0.3 is 0 Å². The Balaban J connectivity index is 1.66. The van der Waals surface area contributed by atoms with Crippen LogP contribution in [0.4, 0.5) is 5.69 Å². The summed E-state index contributed by atoms with van der Waals surface area (Å²) < 4.78 is 5.69. The summed E-state index contributed by atoms with van der Waals surface area (Å²) in [7, 11) is 1.73. The monoisotopic (exact) mass is 366 g/mol. The van der Waals surface area contributed by atoms with Crippen LogP contribution in [0.15, 0.2) is 53.1 Å². The van der Waals surface area contributed by atoms with E-state index in [0.717, 1.165) is 46.7 Å². The van der Waals surface area contributed by atoms with E-state index in [1.54, 1.807) is 18.9 Å². The molecule has 0 unspecified atom stereocenters. The van der Waals surface area contributed by atoms with E-state index in [9.17, 15) is 4.79 Å². The summed E-state index contributed by atoms with van der Waals surface area (Å²) in [6.07, 6.45) is 1.90. The van der Waals surface area contributed by atoms with E-state index in [-0.39, 0.29) is 5.91 Å². The van der Waals surface area contributed by atoms with Crippen molar-refractivity contribution < 1.29 is 9.32 Å². The fourth-order valence-electron chi connectivity index (χ4n) is 3.44. The molecule has 0 radical (unpaired) electrons. The molecule has 0 aliphatic heterocycles. The molecule has 0 spiro atoms. The molecule has 1 heterocycles. The van der Waals surface area contributed by atoms with Crippen molar-refractivity contribution in [3.8, 4) is 22.6 Å². The van der Waals surface area contributed by atoms with Crippen molar-refractivity contribution in [2.45, 2.75) is 25.1 Å². The molecule has 1 aromatic heterocycles. The van der Waals surface area contributed by atoms with Crippen LogP contribution in [0.5, 0.6) is 0 Å². The smallest absolute Gasteiger partial charge is 0.244 e. The van der Waals surface area contributed by atoms with Gasteiger partial charge in [0.2, 0.25) is 5.91 Å². The van der Waals surface area contributed by atoms with Gasteiger partial charge in [-0.15, -0.1) is 11.6 Å². The van der Waals surface area contributed by atoms with Crippen molar-refractivity contribution in [1.29, 1.82) is 0 Å². The fraction of sp³-hybridized carbons (Fsp3) is 0.238. The minimum atomic E-state index is -0.555. The summed E-state index contributed by atoms with van der Waals surface area (Å²) in [4.78, 5) is 13.6. The molecule has 0 bridgehead atoms. The second-order valence-electron chi connectivity index (χ2n) is 6.56. The molecule has 2 aromatic carbocycles. The molecule has 0 fully saturated rings. The Morgan fingerprint density at radius 2 is 1.88 bits per heavy atom. The number of carbonyl (C=O) groups is 1. The number of nitrogens with zero attached hydrogens (tertiary/aromatic N) is 2. The van der Waals surface area contributed by atoms with E-state index >= 15 is 0 Å². The van der Waals surface area contributed by atoms with Crippen molar-refractivity contribution in [3.63, 3.8) is 0 Å². The largest absolute Gasteiger partial charge is 0.355 e. The van der Waals surface area contributed by atoms with Crippen LogP contribution < -0.4 is 4.90 Å². The number of amides is 1. The third-order valence-electron chi connectivity index (χ3n) is 4.89. The van der Waals surface area contributed by atoms with Gasteiger partial charge < -0.3 is 9.42 Å². The number of carbonyl (C=O) groups excluding carboxylic acids is 1. The summed E-state index contributed by atoms with van der Waals surface area (Å²) in [6, 6.07) is 16.0. The molecule has 1 aliphatic rings. The summed E-state index contributed by atoms with van der Waals surface area (Å²) >= 11 is 5.89. The number of aryl methyl sites for hydroxylation is 1. The van der Waals surface area contributed by atoms with Gasteiger partial charge in [0.25, 0.3) is 0 Å². The number of fused-ring (bicyclic) bond motifs is 3. The van der Waals surface area contributed by atoms with Crippen molar-refractivity contribution >= 4 is 23.2 Å². The number of alkyl halides is 1. The Bertz CT molecular complexity index is 960. The van der Waals surface area contributed by atoms with E-state index in [1.807, 2.05) is 30.3 Å². The first-order chi connectivity index (χ1) is 12.6. The average molecular weight is 367 g/mol. The molecule has 132 valence electrons. The number of anilines is 1. The Hall–Kier alpha value is -2.59. The van der Waals surface area contributed by atoms with Crippen LogP contribution in [-0.2, 0) is 17.6 Å². The van der Waals surface area contributed by atoms with E-state index in [2.05, 4.69) is 23.4 Å². The van der Waals surface area contributed by atoms with Gasteiger partial charge in [-0.2, -0.15) is 0 Å². The van der Waals surface area contributed by atoms with Gasteiger partial charge in [0.15, 0.2) is 5.76 Å². The first-order valence-electron chi connectivity index (χ1n) is 8.65. The highest BCUT2D eigenvalue weighted by Gasteiger charge is 2.24. The standard InChI is InChI=1S/C21H19ClN2O2/c1-13(22)21(25)24(2)16-10-7-15(8-11-16)20-18-12-9-14-5-3-4-6-17(14)19(18)23-26-20/h3-8,10-11,13H,9,12H2,1-2H3/t13-/m0/s1. The number of aromatic nitrogens is 1. The van der Waals surface area contributed by atoms with Crippen LogP contribution in [0.1, 0.15) is 18.1 Å². The third-order valence-corrected chi connectivity index (χ3v) is 5.08. The van der Waals surface area contributed by atoms with Gasteiger partial charge in [0.05, 0.1) is 0 Å². The molecule has 5 heteroatoms.